The number of carbonyl (C=O) groups is 2. The maximum Gasteiger partial charge on any atom is 0.270 e. The van der Waals surface area contributed by atoms with Gasteiger partial charge in [-0.25, -0.2) is 4.99 Å². The predicted octanol–water partition coefficient (Wildman–Crippen LogP) is 1.58. The van der Waals surface area contributed by atoms with Crippen LogP contribution in [0.1, 0.15) is 19.8 Å². The lowest BCUT2D eigenvalue weighted by atomic mass is 9.91. The van der Waals surface area contributed by atoms with E-state index in [1.54, 1.807) is 0 Å². The number of allylic oxidation sites excluding steroid dienone is 1. The van der Waals surface area contributed by atoms with Gasteiger partial charge < -0.3 is 0 Å². The number of aliphatic imine (C=N–C) groups is 1. The van der Waals surface area contributed by atoms with Crippen molar-refractivity contribution < 1.29 is 9.59 Å². The van der Waals surface area contributed by atoms with Crippen LogP contribution in [0.2, 0.25) is 0 Å². The zero-order valence-electron chi connectivity index (χ0n) is 7.95. The summed E-state index contributed by atoms with van der Waals surface area (Å²) >= 11 is 1.41. The van der Waals surface area contributed by atoms with Gasteiger partial charge in [-0.15, -0.1) is 11.8 Å². The third kappa shape index (κ3) is 1.54. The van der Waals surface area contributed by atoms with Crippen LogP contribution in [0.4, 0.5) is 0 Å². The first-order valence-corrected chi connectivity index (χ1v) is 5.69. The minimum atomic E-state index is -0.207. The Morgan fingerprint density at radius 3 is 3.07 bits per heavy atom. The molecule has 0 aromatic rings. The summed E-state index contributed by atoms with van der Waals surface area (Å²) in [5, 5.41) is 0.714. The molecular formula is C10H11NO2S. The van der Waals surface area contributed by atoms with Gasteiger partial charge >= 0.3 is 0 Å². The second kappa shape index (κ2) is 3.69. The van der Waals surface area contributed by atoms with Crippen LogP contribution in [-0.2, 0) is 9.59 Å². The van der Waals surface area contributed by atoms with Crippen LogP contribution in [-0.4, -0.2) is 22.5 Å². The van der Waals surface area contributed by atoms with Gasteiger partial charge in [0, 0.05) is 6.08 Å². The second-order valence-corrected chi connectivity index (χ2v) is 4.44. The molecule has 0 radical (unpaired) electrons. The zero-order valence-corrected chi connectivity index (χ0v) is 8.76. The molecule has 2 rings (SSSR count). The largest absolute Gasteiger partial charge is 0.298 e. The first-order chi connectivity index (χ1) is 6.72. The summed E-state index contributed by atoms with van der Waals surface area (Å²) in [5.74, 6) is 0.276. The van der Waals surface area contributed by atoms with Crippen molar-refractivity contribution in [3.05, 3.63) is 11.6 Å². The maximum atomic E-state index is 11.5. The van der Waals surface area contributed by atoms with E-state index >= 15 is 0 Å². The number of carbonyl (C=O) groups excluding carboxylic acids is 2. The van der Waals surface area contributed by atoms with Crippen LogP contribution < -0.4 is 0 Å². The van der Waals surface area contributed by atoms with E-state index in [0.717, 1.165) is 18.4 Å². The van der Waals surface area contributed by atoms with Crippen LogP contribution in [0.15, 0.2) is 16.6 Å². The molecule has 0 aromatic carbocycles. The normalized spacial score (nSPS) is 25.9. The van der Waals surface area contributed by atoms with Crippen molar-refractivity contribution in [1.82, 2.24) is 0 Å². The molecule has 1 atom stereocenters. The lowest BCUT2D eigenvalue weighted by molar-refractivity contribution is -0.117. The molecule has 0 N–H and O–H groups in total. The highest BCUT2D eigenvalue weighted by Gasteiger charge is 2.37. The van der Waals surface area contributed by atoms with Gasteiger partial charge in [0.1, 0.15) is 0 Å². The number of hydrogen-bond acceptors (Lipinski definition) is 3. The molecular weight excluding hydrogens is 198 g/mol. The zero-order chi connectivity index (χ0) is 10.1. The van der Waals surface area contributed by atoms with E-state index in [0.29, 0.717) is 10.8 Å². The molecule has 0 saturated carbocycles. The number of thioether (sulfide) groups is 1. The molecule has 74 valence electrons. The third-order valence-electron chi connectivity index (χ3n) is 2.37. The van der Waals surface area contributed by atoms with Crippen molar-refractivity contribution in [2.75, 3.05) is 5.75 Å². The van der Waals surface area contributed by atoms with Crippen LogP contribution >= 0.6 is 11.8 Å². The fourth-order valence-corrected chi connectivity index (χ4v) is 2.86. The molecule has 3 nitrogen and oxygen atoms in total. The fourth-order valence-electron chi connectivity index (χ4n) is 1.80. The average molecular weight is 209 g/mol. The summed E-state index contributed by atoms with van der Waals surface area (Å²) < 4.78 is 0. The molecule has 0 aliphatic carbocycles. The summed E-state index contributed by atoms with van der Waals surface area (Å²) in [5.41, 5.74) is 0.956. The lowest BCUT2D eigenvalue weighted by Gasteiger charge is -2.15. The van der Waals surface area contributed by atoms with Crippen LogP contribution in [0.5, 0.6) is 0 Å². The lowest BCUT2D eigenvalue weighted by Crippen LogP contribution is -2.22. The monoisotopic (exact) mass is 209 g/mol. The molecule has 1 amide bonds. The summed E-state index contributed by atoms with van der Waals surface area (Å²) in [7, 11) is 0. The SMILES string of the molecule is CCCC1=CC(=O)N=C2SCC(=O)C12. The number of nitrogens with zero attached hydrogens (tertiary/aromatic N) is 1. The quantitative estimate of drug-likeness (QED) is 0.693. The predicted molar refractivity (Wildman–Crippen MR) is 56.4 cm³/mol. The highest BCUT2D eigenvalue weighted by molar-refractivity contribution is 8.15. The molecule has 0 spiro atoms. The number of ketones is 1. The average Bonchev–Trinajstić information content (AvgIpc) is 2.48. The van der Waals surface area contributed by atoms with E-state index < -0.39 is 0 Å². The fraction of sp³-hybridized carbons (Fsp3) is 0.500. The molecule has 2 aliphatic heterocycles. The van der Waals surface area contributed by atoms with Crippen molar-refractivity contribution >= 4 is 28.5 Å². The molecule has 2 heterocycles. The van der Waals surface area contributed by atoms with Gasteiger partial charge in [0.25, 0.3) is 5.91 Å². The summed E-state index contributed by atoms with van der Waals surface area (Å²) in [6.45, 7) is 2.04. The van der Waals surface area contributed by atoms with Crippen LogP contribution in [0.25, 0.3) is 0 Å². The molecule has 1 unspecified atom stereocenters. The Labute approximate surface area is 86.7 Å². The summed E-state index contributed by atoms with van der Waals surface area (Å²) in [4.78, 5) is 26.6. The van der Waals surface area contributed by atoms with Crippen molar-refractivity contribution in [2.24, 2.45) is 10.9 Å². The Kier molecular flexibility index (Phi) is 2.54. The van der Waals surface area contributed by atoms with E-state index in [1.807, 2.05) is 6.92 Å². The van der Waals surface area contributed by atoms with E-state index in [1.165, 1.54) is 17.8 Å². The van der Waals surface area contributed by atoms with E-state index in [-0.39, 0.29) is 17.6 Å². The second-order valence-electron chi connectivity index (χ2n) is 3.45. The first kappa shape index (κ1) is 9.65. The summed E-state index contributed by atoms with van der Waals surface area (Å²) in [6.07, 6.45) is 3.31. The Bertz CT molecular complexity index is 357. The van der Waals surface area contributed by atoms with Crippen LogP contribution in [0.3, 0.4) is 0 Å². The molecule has 14 heavy (non-hydrogen) atoms. The highest BCUT2D eigenvalue weighted by atomic mass is 32.2. The van der Waals surface area contributed by atoms with Crippen molar-refractivity contribution in [2.45, 2.75) is 19.8 Å². The molecule has 2 aliphatic rings. The van der Waals surface area contributed by atoms with Crippen molar-refractivity contribution in [1.29, 1.82) is 0 Å². The van der Waals surface area contributed by atoms with Gasteiger partial charge in [0.05, 0.1) is 16.7 Å². The van der Waals surface area contributed by atoms with E-state index in [2.05, 4.69) is 4.99 Å². The number of dihydropyridines is 1. The van der Waals surface area contributed by atoms with Crippen LogP contribution in [0, 0.1) is 5.92 Å². The maximum absolute atomic E-state index is 11.5. The minimum Gasteiger partial charge on any atom is -0.298 e. The Morgan fingerprint density at radius 1 is 1.57 bits per heavy atom. The molecule has 0 aromatic heterocycles. The van der Waals surface area contributed by atoms with Crippen molar-refractivity contribution in [3.8, 4) is 0 Å². The van der Waals surface area contributed by atoms with E-state index in [9.17, 15) is 9.59 Å². The van der Waals surface area contributed by atoms with Gasteiger partial charge in [0.15, 0.2) is 5.78 Å². The standard InChI is InChI=1S/C10H11NO2S/c1-2-3-6-4-8(13)11-10-9(6)7(12)5-14-10/h4,9H,2-3,5H2,1H3. The number of rotatable bonds is 2. The van der Waals surface area contributed by atoms with Gasteiger partial charge in [-0.3, -0.25) is 9.59 Å². The van der Waals surface area contributed by atoms with Gasteiger partial charge in [-0.05, 0) is 12.0 Å². The third-order valence-corrected chi connectivity index (χ3v) is 3.42. The van der Waals surface area contributed by atoms with E-state index in [4.69, 9.17) is 0 Å². The Morgan fingerprint density at radius 2 is 2.36 bits per heavy atom. The molecule has 4 heteroatoms. The van der Waals surface area contributed by atoms with Gasteiger partial charge in [0.2, 0.25) is 0 Å². The smallest absolute Gasteiger partial charge is 0.270 e. The first-order valence-electron chi connectivity index (χ1n) is 4.71. The number of Topliss-reactive ketones (excluding diaryl/α,β-unsaturated/α-hetero) is 1. The Balaban J connectivity index is 2.32. The topological polar surface area (TPSA) is 46.5 Å². The summed E-state index contributed by atoms with van der Waals surface area (Å²) in [6, 6.07) is 0. The van der Waals surface area contributed by atoms with Gasteiger partial charge in [-0.1, -0.05) is 13.3 Å². The molecule has 0 bridgehead atoms. The highest BCUT2D eigenvalue weighted by Crippen LogP contribution is 2.34. The molecule has 1 fully saturated rings. The minimum absolute atomic E-state index is 0.183. The number of hydrogen-bond donors (Lipinski definition) is 0. The Hall–Kier alpha value is -0.900. The number of fused-ring (bicyclic) bond motifs is 1. The molecule has 1 saturated heterocycles. The van der Waals surface area contributed by atoms with Crippen molar-refractivity contribution in [3.63, 3.8) is 0 Å². The number of amides is 1. The van der Waals surface area contributed by atoms with Gasteiger partial charge in [-0.2, -0.15) is 0 Å².